The lowest BCUT2D eigenvalue weighted by molar-refractivity contribution is -0.149. The molecule has 25 heavy (non-hydrogen) atoms. The van der Waals surface area contributed by atoms with E-state index in [9.17, 15) is 23.5 Å². The molecule has 1 aliphatic heterocycles. The van der Waals surface area contributed by atoms with Crippen molar-refractivity contribution in [3.05, 3.63) is 24.3 Å². The lowest BCUT2D eigenvalue weighted by atomic mass is 9.81. The summed E-state index contributed by atoms with van der Waals surface area (Å²) < 4.78 is 24.6. The zero-order valence-electron chi connectivity index (χ0n) is 13.6. The van der Waals surface area contributed by atoms with E-state index in [1.54, 1.807) is 12.1 Å². The molecule has 1 aliphatic carbocycles. The lowest BCUT2D eigenvalue weighted by Gasteiger charge is -2.23. The minimum atomic E-state index is -2.48. The molecule has 2 atom stereocenters. The maximum Gasteiger partial charge on any atom is 0.311 e. The number of likely N-dealkylation sites (tertiary alicyclic amines) is 1. The maximum absolute atomic E-state index is 12.3. The number of carbonyl (C=O) groups excluding carboxylic acids is 1. The van der Waals surface area contributed by atoms with Gasteiger partial charge in [-0.1, -0.05) is 18.2 Å². The van der Waals surface area contributed by atoms with Crippen molar-refractivity contribution in [2.45, 2.75) is 29.9 Å². The first-order valence-electron chi connectivity index (χ1n) is 8.19. The summed E-state index contributed by atoms with van der Waals surface area (Å²) in [5, 5.41) is 12.3. The number of carbonyl (C=O) groups is 2. The topological polar surface area (TPSA) is 69.6 Å². The van der Waals surface area contributed by atoms with Crippen LogP contribution in [0, 0.1) is 11.3 Å². The first-order valence-corrected chi connectivity index (χ1v) is 9.07. The molecular weight excluding hydrogens is 350 g/mol. The van der Waals surface area contributed by atoms with Crippen LogP contribution in [0.3, 0.4) is 0 Å². The fourth-order valence-corrected chi connectivity index (χ4v) is 4.49. The zero-order valence-corrected chi connectivity index (χ0v) is 14.4. The van der Waals surface area contributed by atoms with Gasteiger partial charge in [-0.3, -0.25) is 14.5 Å². The first-order chi connectivity index (χ1) is 11.9. The predicted octanol–water partition coefficient (Wildman–Crippen LogP) is 3.13. The van der Waals surface area contributed by atoms with Gasteiger partial charge in [-0.2, -0.15) is 8.78 Å². The number of carboxylic acids is 1. The number of alkyl halides is 2. The SMILES string of the molecule is O=C(CN1C[C@@H]2CCC[C@@]2(C(=O)O)C1)Nc1ccc(SC(F)F)cc1. The van der Waals surface area contributed by atoms with Gasteiger partial charge >= 0.3 is 5.97 Å². The number of halogens is 2. The fourth-order valence-electron chi connectivity index (χ4n) is 3.99. The molecule has 2 fully saturated rings. The van der Waals surface area contributed by atoms with E-state index in [1.165, 1.54) is 12.1 Å². The lowest BCUT2D eigenvalue weighted by Crippen LogP contribution is -2.37. The van der Waals surface area contributed by atoms with E-state index in [4.69, 9.17) is 0 Å². The molecule has 136 valence electrons. The van der Waals surface area contributed by atoms with E-state index < -0.39 is 17.1 Å². The first kappa shape index (κ1) is 18.1. The van der Waals surface area contributed by atoms with E-state index >= 15 is 0 Å². The molecule has 5 nitrogen and oxygen atoms in total. The minimum Gasteiger partial charge on any atom is -0.481 e. The number of benzene rings is 1. The summed E-state index contributed by atoms with van der Waals surface area (Å²) in [4.78, 5) is 26.2. The van der Waals surface area contributed by atoms with E-state index in [1.807, 2.05) is 4.90 Å². The van der Waals surface area contributed by atoms with Crippen LogP contribution in [0.15, 0.2) is 29.2 Å². The molecule has 1 saturated heterocycles. The Kier molecular flexibility index (Phi) is 5.29. The van der Waals surface area contributed by atoms with E-state index in [-0.39, 0.29) is 18.4 Å². The summed E-state index contributed by atoms with van der Waals surface area (Å²) in [5.74, 6) is -3.35. The van der Waals surface area contributed by atoms with Crippen molar-refractivity contribution in [1.82, 2.24) is 4.90 Å². The van der Waals surface area contributed by atoms with Crippen LogP contribution in [0.2, 0.25) is 0 Å². The molecule has 0 unspecified atom stereocenters. The van der Waals surface area contributed by atoms with E-state index in [0.29, 0.717) is 41.9 Å². The van der Waals surface area contributed by atoms with Gasteiger partial charge in [0.05, 0.1) is 12.0 Å². The van der Waals surface area contributed by atoms with Crippen molar-refractivity contribution in [2.75, 3.05) is 25.0 Å². The number of carboxylic acid groups (broad SMARTS) is 1. The van der Waals surface area contributed by atoms with Crippen LogP contribution in [-0.2, 0) is 9.59 Å². The molecule has 0 aromatic heterocycles. The van der Waals surface area contributed by atoms with E-state index in [2.05, 4.69) is 5.32 Å². The number of anilines is 1. The van der Waals surface area contributed by atoms with Crippen LogP contribution in [-0.4, -0.2) is 47.3 Å². The third kappa shape index (κ3) is 3.95. The van der Waals surface area contributed by atoms with Crippen LogP contribution in [0.5, 0.6) is 0 Å². The normalized spacial score (nSPS) is 26.0. The number of amides is 1. The van der Waals surface area contributed by atoms with Gasteiger partial charge in [0.15, 0.2) is 0 Å². The summed E-state index contributed by atoms with van der Waals surface area (Å²) in [7, 11) is 0. The fraction of sp³-hybridized carbons (Fsp3) is 0.529. The molecule has 2 N–H and O–H groups in total. The molecule has 8 heteroatoms. The highest BCUT2D eigenvalue weighted by Crippen LogP contribution is 2.48. The Morgan fingerprint density at radius 3 is 2.68 bits per heavy atom. The number of nitrogens with one attached hydrogen (secondary N) is 1. The van der Waals surface area contributed by atoms with Gasteiger partial charge < -0.3 is 10.4 Å². The Labute approximate surface area is 148 Å². The van der Waals surface area contributed by atoms with Crippen molar-refractivity contribution in [3.63, 3.8) is 0 Å². The Bertz CT molecular complexity index is 656. The molecule has 2 aliphatic rings. The summed E-state index contributed by atoms with van der Waals surface area (Å²) in [5.41, 5.74) is -0.162. The number of thioether (sulfide) groups is 1. The van der Waals surface area contributed by atoms with Gasteiger partial charge in [-0.05, 0) is 43.0 Å². The van der Waals surface area contributed by atoms with Crippen molar-refractivity contribution in [1.29, 1.82) is 0 Å². The summed E-state index contributed by atoms with van der Waals surface area (Å²) in [6.07, 6.45) is 2.50. The van der Waals surface area contributed by atoms with Gasteiger partial charge in [-0.15, -0.1) is 0 Å². The predicted molar refractivity (Wildman–Crippen MR) is 90.8 cm³/mol. The molecule has 3 rings (SSSR count). The quantitative estimate of drug-likeness (QED) is 0.753. The van der Waals surface area contributed by atoms with Crippen LogP contribution in [0.25, 0.3) is 0 Å². The van der Waals surface area contributed by atoms with Gasteiger partial charge in [0.1, 0.15) is 0 Å². The van der Waals surface area contributed by atoms with Gasteiger partial charge in [0.25, 0.3) is 5.76 Å². The smallest absolute Gasteiger partial charge is 0.311 e. The zero-order chi connectivity index (χ0) is 18.0. The van der Waals surface area contributed by atoms with Crippen molar-refractivity contribution in [3.8, 4) is 0 Å². The average Bonchev–Trinajstić information content (AvgIpc) is 3.06. The second-order valence-corrected chi connectivity index (χ2v) is 7.73. The number of fused-ring (bicyclic) bond motifs is 1. The number of hydrogen-bond acceptors (Lipinski definition) is 4. The van der Waals surface area contributed by atoms with Crippen molar-refractivity contribution in [2.24, 2.45) is 11.3 Å². The number of aliphatic carboxylic acids is 1. The number of rotatable bonds is 6. The van der Waals surface area contributed by atoms with Crippen molar-refractivity contribution >= 4 is 29.3 Å². The second-order valence-electron chi connectivity index (χ2n) is 6.67. The third-order valence-electron chi connectivity index (χ3n) is 5.10. The van der Waals surface area contributed by atoms with Gasteiger partial charge in [0, 0.05) is 23.7 Å². The number of nitrogens with zero attached hydrogens (tertiary/aromatic N) is 1. The van der Waals surface area contributed by atoms with Crippen LogP contribution >= 0.6 is 11.8 Å². The standard InChI is InChI=1S/C17H20F2N2O3S/c18-16(19)25-13-5-3-12(4-6-13)20-14(22)9-21-8-11-2-1-7-17(11,10-21)15(23)24/h3-6,11,16H,1-2,7-10H2,(H,20,22)(H,23,24)/t11-,17+/m0/s1. The molecular formula is C17H20F2N2O3S. The number of hydrogen-bond donors (Lipinski definition) is 2. The molecule has 0 bridgehead atoms. The van der Waals surface area contributed by atoms with Crippen LogP contribution < -0.4 is 5.32 Å². The third-order valence-corrected chi connectivity index (χ3v) is 5.82. The van der Waals surface area contributed by atoms with Crippen LogP contribution in [0.4, 0.5) is 14.5 Å². The Morgan fingerprint density at radius 2 is 2.08 bits per heavy atom. The minimum absolute atomic E-state index is 0.114. The highest BCUT2D eigenvalue weighted by molar-refractivity contribution is 7.99. The summed E-state index contributed by atoms with van der Waals surface area (Å²) in [6.45, 7) is 1.17. The molecule has 1 heterocycles. The van der Waals surface area contributed by atoms with E-state index in [0.717, 1.165) is 12.8 Å². The average molecular weight is 370 g/mol. The Balaban J connectivity index is 1.54. The molecule has 1 aromatic rings. The Hall–Kier alpha value is -1.67. The largest absolute Gasteiger partial charge is 0.481 e. The van der Waals surface area contributed by atoms with Crippen molar-refractivity contribution < 1.29 is 23.5 Å². The van der Waals surface area contributed by atoms with Gasteiger partial charge in [0.2, 0.25) is 5.91 Å². The summed E-state index contributed by atoms with van der Waals surface area (Å²) in [6, 6.07) is 6.23. The molecule has 1 aromatic carbocycles. The second kappa shape index (κ2) is 7.29. The monoisotopic (exact) mass is 370 g/mol. The highest BCUT2D eigenvalue weighted by Gasteiger charge is 2.54. The van der Waals surface area contributed by atoms with Gasteiger partial charge in [-0.25, -0.2) is 0 Å². The maximum atomic E-state index is 12.3. The highest BCUT2D eigenvalue weighted by atomic mass is 32.2. The molecule has 1 saturated carbocycles. The molecule has 1 amide bonds. The molecule has 0 spiro atoms. The van der Waals surface area contributed by atoms with Crippen LogP contribution in [0.1, 0.15) is 19.3 Å². The Morgan fingerprint density at radius 1 is 1.36 bits per heavy atom. The molecule has 0 radical (unpaired) electrons. The summed E-state index contributed by atoms with van der Waals surface area (Å²) >= 11 is 0.454.